The molecular weight excluding hydrogens is 292 g/mol. The summed E-state index contributed by atoms with van der Waals surface area (Å²) in [5, 5.41) is 13.3. The maximum Gasteiger partial charge on any atom is 0.303 e. The van der Waals surface area contributed by atoms with Crippen molar-refractivity contribution in [2.45, 2.75) is 19.3 Å². The average molecular weight is 310 g/mol. The van der Waals surface area contributed by atoms with Gasteiger partial charge in [0.2, 0.25) is 5.91 Å². The van der Waals surface area contributed by atoms with Crippen molar-refractivity contribution in [3.05, 3.63) is 22.4 Å². The molecule has 0 atom stereocenters. The number of hydrogen-bond acceptors (Lipinski definition) is 4. The van der Waals surface area contributed by atoms with E-state index in [4.69, 9.17) is 5.11 Å². The molecular formula is C14H18N2O4S. The van der Waals surface area contributed by atoms with Crippen LogP contribution in [0, 0.1) is 5.92 Å². The van der Waals surface area contributed by atoms with Crippen molar-refractivity contribution in [2.75, 3.05) is 19.6 Å². The Balaban J connectivity index is 1.56. The number of carbonyl (C=O) groups is 3. The predicted molar refractivity (Wildman–Crippen MR) is 78.2 cm³/mol. The second-order valence-electron chi connectivity index (χ2n) is 5.10. The Kier molecular flexibility index (Phi) is 5.32. The molecule has 1 aliphatic rings. The van der Waals surface area contributed by atoms with Crippen molar-refractivity contribution in [3.63, 3.8) is 0 Å². The summed E-state index contributed by atoms with van der Waals surface area (Å²) in [5.41, 5.74) is 0. The molecule has 1 saturated heterocycles. The van der Waals surface area contributed by atoms with E-state index >= 15 is 0 Å². The summed E-state index contributed by atoms with van der Waals surface area (Å²) in [4.78, 5) is 36.3. The molecule has 1 aromatic rings. The Morgan fingerprint density at radius 1 is 1.38 bits per heavy atom. The van der Waals surface area contributed by atoms with Gasteiger partial charge < -0.3 is 15.3 Å². The highest BCUT2D eigenvalue weighted by Gasteiger charge is 2.31. The Morgan fingerprint density at radius 3 is 2.76 bits per heavy atom. The number of thiophene rings is 1. The fourth-order valence-electron chi connectivity index (χ4n) is 2.24. The molecule has 7 heteroatoms. The van der Waals surface area contributed by atoms with Gasteiger partial charge in [0.15, 0.2) is 0 Å². The van der Waals surface area contributed by atoms with Crippen LogP contribution in [0.1, 0.15) is 28.9 Å². The molecule has 2 amide bonds. The van der Waals surface area contributed by atoms with E-state index in [9.17, 15) is 14.4 Å². The van der Waals surface area contributed by atoms with Crippen molar-refractivity contribution in [1.82, 2.24) is 10.2 Å². The zero-order valence-electron chi connectivity index (χ0n) is 11.6. The van der Waals surface area contributed by atoms with E-state index in [0.29, 0.717) is 37.4 Å². The Labute approximate surface area is 126 Å². The number of rotatable bonds is 7. The second-order valence-corrected chi connectivity index (χ2v) is 6.05. The van der Waals surface area contributed by atoms with Crippen LogP contribution in [0.5, 0.6) is 0 Å². The first-order valence-corrected chi connectivity index (χ1v) is 7.75. The minimum atomic E-state index is -0.816. The van der Waals surface area contributed by atoms with Crippen molar-refractivity contribution in [1.29, 1.82) is 0 Å². The Bertz CT molecular complexity index is 509. The van der Waals surface area contributed by atoms with Crippen LogP contribution in [-0.4, -0.2) is 47.4 Å². The van der Waals surface area contributed by atoms with Crippen LogP contribution in [0.4, 0.5) is 0 Å². The van der Waals surface area contributed by atoms with Gasteiger partial charge in [0.05, 0.1) is 11.3 Å². The van der Waals surface area contributed by atoms with E-state index in [1.165, 1.54) is 11.3 Å². The number of carbonyl (C=O) groups excluding carboxylic acids is 2. The minimum absolute atomic E-state index is 0.0296. The van der Waals surface area contributed by atoms with Crippen molar-refractivity contribution in [2.24, 2.45) is 5.92 Å². The Hall–Kier alpha value is -1.89. The zero-order chi connectivity index (χ0) is 15.2. The molecule has 2 rings (SSSR count). The summed E-state index contributed by atoms with van der Waals surface area (Å²) in [7, 11) is 0. The van der Waals surface area contributed by atoms with Crippen LogP contribution in [0.15, 0.2) is 17.5 Å². The lowest BCUT2D eigenvalue weighted by Crippen LogP contribution is -2.50. The molecule has 2 heterocycles. The highest BCUT2D eigenvalue weighted by Crippen LogP contribution is 2.20. The number of carboxylic acid groups (broad SMARTS) is 1. The van der Waals surface area contributed by atoms with Crippen LogP contribution < -0.4 is 5.32 Å². The van der Waals surface area contributed by atoms with E-state index in [0.717, 1.165) is 0 Å². The molecule has 21 heavy (non-hydrogen) atoms. The van der Waals surface area contributed by atoms with E-state index in [1.54, 1.807) is 11.0 Å². The molecule has 0 unspecified atom stereocenters. The summed E-state index contributed by atoms with van der Waals surface area (Å²) in [6.07, 6.45) is 1.10. The first-order chi connectivity index (χ1) is 10.1. The summed E-state index contributed by atoms with van der Waals surface area (Å²) in [6, 6.07) is 3.58. The van der Waals surface area contributed by atoms with Gasteiger partial charge in [-0.1, -0.05) is 6.07 Å². The second kappa shape index (κ2) is 7.21. The molecule has 0 bridgehead atoms. The molecule has 1 aliphatic heterocycles. The van der Waals surface area contributed by atoms with Gasteiger partial charge in [0.1, 0.15) is 0 Å². The SMILES string of the molecule is O=C(O)CC1CN(C(=O)CCCNC(=O)c2cccs2)C1. The molecule has 114 valence electrons. The van der Waals surface area contributed by atoms with Gasteiger partial charge in [-0.3, -0.25) is 14.4 Å². The summed E-state index contributed by atoms with van der Waals surface area (Å²) in [6.45, 7) is 1.54. The molecule has 6 nitrogen and oxygen atoms in total. The van der Waals surface area contributed by atoms with Crippen molar-refractivity contribution in [3.8, 4) is 0 Å². The normalized spacial score (nSPS) is 14.6. The first-order valence-electron chi connectivity index (χ1n) is 6.87. The van der Waals surface area contributed by atoms with E-state index in [2.05, 4.69) is 5.32 Å². The molecule has 0 aliphatic carbocycles. The third kappa shape index (κ3) is 4.56. The highest BCUT2D eigenvalue weighted by molar-refractivity contribution is 7.12. The average Bonchev–Trinajstić information content (AvgIpc) is 2.91. The smallest absolute Gasteiger partial charge is 0.303 e. The van der Waals surface area contributed by atoms with Gasteiger partial charge in [-0.25, -0.2) is 0 Å². The maximum atomic E-state index is 11.8. The number of likely N-dealkylation sites (tertiary alicyclic amines) is 1. The molecule has 0 aromatic carbocycles. The van der Waals surface area contributed by atoms with Gasteiger partial charge >= 0.3 is 5.97 Å². The van der Waals surface area contributed by atoms with Crippen LogP contribution >= 0.6 is 11.3 Å². The number of aliphatic carboxylic acids is 1. The first kappa shape index (κ1) is 15.5. The fourth-order valence-corrected chi connectivity index (χ4v) is 2.88. The largest absolute Gasteiger partial charge is 0.481 e. The van der Waals surface area contributed by atoms with Gasteiger partial charge in [-0.05, 0) is 17.9 Å². The minimum Gasteiger partial charge on any atom is -0.481 e. The zero-order valence-corrected chi connectivity index (χ0v) is 12.4. The van der Waals surface area contributed by atoms with Crippen LogP contribution in [0.2, 0.25) is 0 Å². The third-order valence-electron chi connectivity index (χ3n) is 3.37. The molecule has 2 N–H and O–H groups in total. The lowest BCUT2D eigenvalue weighted by atomic mass is 9.96. The highest BCUT2D eigenvalue weighted by atomic mass is 32.1. The van der Waals surface area contributed by atoms with E-state index in [-0.39, 0.29) is 24.2 Å². The number of nitrogens with zero attached hydrogens (tertiary/aromatic N) is 1. The van der Waals surface area contributed by atoms with Gasteiger partial charge in [-0.2, -0.15) is 0 Å². The number of nitrogens with one attached hydrogen (secondary N) is 1. The Morgan fingerprint density at radius 2 is 2.14 bits per heavy atom. The number of hydrogen-bond donors (Lipinski definition) is 2. The molecule has 1 aromatic heterocycles. The molecule has 0 saturated carbocycles. The van der Waals surface area contributed by atoms with Crippen LogP contribution in [0.25, 0.3) is 0 Å². The molecule has 1 fully saturated rings. The fraction of sp³-hybridized carbons (Fsp3) is 0.500. The maximum absolute atomic E-state index is 11.8. The third-order valence-corrected chi connectivity index (χ3v) is 4.24. The van der Waals surface area contributed by atoms with Crippen molar-refractivity contribution >= 4 is 29.1 Å². The summed E-state index contributed by atoms with van der Waals surface area (Å²) in [5.74, 6) is -0.807. The topological polar surface area (TPSA) is 86.7 Å². The predicted octanol–water partition coefficient (Wildman–Crippen LogP) is 1.19. The lowest BCUT2D eigenvalue weighted by Gasteiger charge is -2.38. The van der Waals surface area contributed by atoms with E-state index < -0.39 is 5.97 Å². The monoisotopic (exact) mass is 310 g/mol. The lowest BCUT2D eigenvalue weighted by molar-refractivity contribution is -0.145. The summed E-state index contributed by atoms with van der Waals surface area (Å²) < 4.78 is 0. The van der Waals surface area contributed by atoms with Crippen LogP contribution in [0.3, 0.4) is 0 Å². The number of carboxylic acids is 1. The van der Waals surface area contributed by atoms with Gasteiger partial charge in [-0.15, -0.1) is 11.3 Å². The van der Waals surface area contributed by atoms with Crippen molar-refractivity contribution < 1.29 is 19.5 Å². The number of amides is 2. The molecule has 0 spiro atoms. The summed E-state index contributed by atoms with van der Waals surface area (Å²) >= 11 is 1.38. The van der Waals surface area contributed by atoms with Crippen LogP contribution in [-0.2, 0) is 9.59 Å². The van der Waals surface area contributed by atoms with Gasteiger partial charge in [0, 0.05) is 32.0 Å². The standard InChI is InChI=1S/C14H18N2O4S/c17-12(16-8-10(9-16)7-13(18)19)4-1-5-15-14(20)11-3-2-6-21-11/h2-3,6,10H,1,4-5,7-9H2,(H,15,20)(H,18,19). The van der Waals surface area contributed by atoms with E-state index in [1.807, 2.05) is 11.4 Å². The molecule has 0 radical (unpaired) electrons. The van der Waals surface area contributed by atoms with Gasteiger partial charge in [0.25, 0.3) is 5.91 Å². The quantitative estimate of drug-likeness (QED) is 0.741.